The molecule has 1 aliphatic rings. The van der Waals surface area contributed by atoms with Gasteiger partial charge in [0.2, 0.25) is 11.5 Å². The minimum Gasteiger partial charge on any atom is -0.730 e. The van der Waals surface area contributed by atoms with Crippen molar-refractivity contribution in [3.63, 3.8) is 0 Å². The summed E-state index contributed by atoms with van der Waals surface area (Å²) >= 11 is 0. The topological polar surface area (TPSA) is 144 Å². The van der Waals surface area contributed by atoms with Crippen molar-refractivity contribution in [1.29, 1.82) is 0 Å². The average molecular weight is 681 g/mol. The molecule has 0 saturated heterocycles. The number of nitrogens with zero attached hydrogens (tertiary/aromatic N) is 2. The summed E-state index contributed by atoms with van der Waals surface area (Å²) in [6, 6.07) is 27.0. The van der Waals surface area contributed by atoms with Gasteiger partial charge in [-0.15, -0.1) is 0 Å². The van der Waals surface area contributed by atoms with E-state index >= 15 is 0 Å². The molecule has 0 N–H and O–H groups in total. The van der Waals surface area contributed by atoms with E-state index in [9.17, 15) is 25.9 Å². The van der Waals surface area contributed by atoms with E-state index in [2.05, 4.69) is 0 Å². The molecule has 1 aliphatic heterocycles. The first-order valence-electron chi connectivity index (χ1n) is 14.6. The van der Waals surface area contributed by atoms with Crippen LogP contribution in [0.25, 0.3) is 39.4 Å². The van der Waals surface area contributed by atoms with Gasteiger partial charge in [0.25, 0.3) is 5.52 Å². The third kappa shape index (κ3) is 6.95. The van der Waals surface area contributed by atoms with Crippen LogP contribution in [-0.2, 0) is 27.0 Å². The van der Waals surface area contributed by atoms with Crippen molar-refractivity contribution in [2.75, 3.05) is 4.31 Å². The predicted octanol–water partition coefficient (Wildman–Crippen LogP) is 3.31. The minimum absolute atomic E-state index is 0. The van der Waals surface area contributed by atoms with E-state index in [1.165, 1.54) is 12.2 Å². The van der Waals surface area contributed by atoms with Gasteiger partial charge in [0.15, 0.2) is 16.1 Å². The van der Waals surface area contributed by atoms with Gasteiger partial charge in [-0.25, -0.2) is 12.7 Å². The van der Waals surface area contributed by atoms with Crippen molar-refractivity contribution >= 4 is 43.5 Å². The minimum atomic E-state index is -5.13. The molecular formula is C34H29N2NaO8S2. The van der Waals surface area contributed by atoms with Crippen LogP contribution >= 0.6 is 0 Å². The molecule has 0 aliphatic carbocycles. The van der Waals surface area contributed by atoms with Gasteiger partial charge in [0.05, 0.1) is 6.08 Å². The first-order chi connectivity index (χ1) is 22.0. The molecule has 1 aromatic heterocycles. The normalized spacial score (nSPS) is 14.3. The molecule has 5 aromatic rings. The summed E-state index contributed by atoms with van der Waals surface area (Å²) in [5, 5.41) is 0. The maximum atomic E-state index is 12.8. The van der Waals surface area contributed by atoms with E-state index < -0.39 is 20.6 Å². The summed E-state index contributed by atoms with van der Waals surface area (Å²) in [5.41, 5.74) is 4.44. The molecule has 0 spiro atoms. The first kappa shape index (κ1) is 34.6. The molecule has 0 bridgehead atoms. The molecule has 0 saturated carbocycles. The first-order valence-corrected chi connectivity index (χ1v) is 17.3. The molecule has 0 atom stereocenters. The maximum Gasteiger partial charge on any atom is 1.00 e. The van der Waals surface area contributed by atoms with Crippen LogP contribution in [0.15, 0.2) is 113 Å². The van der Waals surface area contributed by atoms with Crippen molar-refractivity contribution in [1.82, 2.24) is 0 Å². The predicted molar refractivity (Wildman–Crippen MR) is 172 cm³/mol. The van der Waals surface area contributed by atoms with Crippen LogP contribution in [0.1, 0.15) is 38.1 Å². The molecule has 47 heavy (non-hydrogen) atoms. The van der Waals surface area contributed by atoms with Crippen LogP contribution in [0.5, 0.6) is 5.75 Å². The van der Waals surface area contributed by atoms with Crippen LogP contribution in [0.4, 0.5) is 5.69 Å². The van der Waals surface area contributed by atoms with E-state index in [1.807, 2.05) is 73.7 Å². The third-order valence-corrected chi connectivity index (χ3v) is 9.25. The molecule has 2 heterocycles. The van der Waals surface area contributed by atoms with E-state index in [1.54, 1.807) is 31.2 Å². The molecule has 0 radical (unpaired) electrons. The number of hydrogen-bond acceptors (Lipinski definition) is 8. The van der Waals surface area contributed by atoms with E-state index in [0.717, 1.165) is 16.7 Å². The Balaban J connectivity index is 0.00000433. The van der Waals surface area contributed by atoms with Gasteiger partial charge in [-0.2, -0.15) is 8.42 Å². The summed E-state index contributed by atoms with van der Waals surface area (Å²) in [6.07, 6.45) is 4.02. The van der Waals surface area contributed by atoms with Crippen LogP contribution in [0, 0.1) is 0 Å². The second kappa shape index (κ2) is 13.8. The second-order valence-corrected chi connectivity index (χ2v) is 13.1. The number of rotatable bonds is 9. The molecule has 236 valence electrons. The Morgan fingerprint density at radius 1 is 0.851 bits per heavy atom. The number of aromatic nitrogens is 1. The standard InChI is InChI=1S/C34H30N2O8S2.Na/c1-3-11-28-27(25-14-9-6-10-15-25)17-19-31-34(28)36(46(40,41)42)33(44-31)21-23(4-2)20-32-35(45(37,38)39)29-22-26(16-18-30(29)43-32)24-12-7-5-8-13-24;/h5-10,12-22H,3-4,11H2,1-2H3,(H-,37,38,39,40,41,42);/q;+1/p-1. The summed E-state index contributed by atoms with van der Waals surface area (Å²) in [6.45, 7) is 3.69. The summed E-state index contributed by atoms with van der Waals surface area (Å²) in [7, 11) is -10.2. The van der Waals surface area contributed by atoms with Gasteiger partial charge in [-0.05, 0) is 68.9 Å². The largest absolute Gasteiger partial charge is 1.00 e. The van der Waals surface area contributed by atoms with Crippen LogP contribution in [0.3, 0.4) is 0 Å². The van der Waals surface area contributed by atoms with E-state index in [4.69, 9.17) is 9.15 Å². The number of fused-ring (bicyclic) bond motifs is 2. The number of oxazole rings is 1. The number of hydrogen-bond donors (Lipinski definition) is 0. The van der Waals surface area contributed by atoms with Crippen molar-refractivity contribution < 1.29 is 68.6 Å². The zero-order valence-electron chi connectivity index (χ0n) is 25.9. The van der Waals surface area contributed by atoms with Gasteiger partial charge in [0, 0.05) is 11.6 Å². The number of allylic oxidation sites excluding steroid dienone is 2. The number of ether oxygens (including phenoxy) is 1. The van der Waals surface area contributed by atoms with Crippen LogP contribution in [-0.4, -0.2) is 25.9 Å². The summed E-state index contributed by atoms with van der Waals surface area (Å²) in [5.74, 6) is -0.423. The second-order valence-electron chi connectivity index (χ2n) is 10.6. The Bertz CT molecular complexity index is 2230. The fraction of sp³-hybridized carbons (Fsp3) is 0.147. The quantitative estimate of drug-likeness (QED) is 0.131. The van der Waals surface area contributed by atoms with E-state index in [0.29, 0.717) is 37.8 Å². The van der Waals surface area contributed by atoms with Gasteiger partial charge in [0.1, 0.15) is 5.69 Å². The Morgan fingerprint density at radius 2 is 1.51 bits per heavy atom. The Labute approximate surface area is 295 Å². The molecule has 0 fully saturated rings. The van der Waals surface area contributed by atoms with Gasteiger partial charge in [-0.3, -0.25) is 0 Å². The molecule has 0 unspecified atom stereocenters. The van der Waals surface area contributed by atoms with Crippen molar-refractivity contribution in [3.8, 4) is 28.0 Å². The fourth-order valence-electron chi connectivity index (χ4n) is 5.61. The molecular weight excluding hydrogens is 652 g/mol. The van der Waals surface area contributed by atoms with Crippen LogP contribution in [0.2, 0.25) is 0 Å². The van der Waals surface area contributed by atoms with Gasteiger partial charge >= 0.3 is 45.8 Å². The Kier molecular flexibility index (Phi) is 10.1. The molecule has 13 heteroatoms. The van der Waals surface area contributed by atoms with Crippen LogP contribution < -0.4 is 42.6 Å². The summed E-state index contributed by atoms with van der Waals surface area (Å²) < 4.78 is 88.9. The SMILES string of the molecule is CCCc1c(-c2ccccc2)ccc2oc(C=C(C=C3Oc4ccc(-c5ccccc5)cc4N3S(=O)(=O)[O-])CC)[n+](S(=O)(=O)[O-])c12.[Na+]. The van der Waals surface area contributed by atoms with Gasteiger partial charge < -0.3 is 18.3 Å². The fourth-order valence-corrected chi connectivity index (χ4v) is 7.04. The maximum absolute atomic E-state index is 12.8. The smallest absolute Gasteiger partial charge is 0.730 e. The summed E-state index contributed by atoms with van der Waals surface area (Å²) in [4.78, 5) is 0. The number of benzene rings is 4. The monoisotopic (exact) mass is 680 g/mol. The number of aryl methyl sites for hydroxylation is 1. The third-order valence-electron chi connectivity index (χ3n) is 7.62. The van der Waals surface area contributed by atoms with Gasteiger partial charge in [-0.1, -0.05) is 87.0 Å². The number of anilines is 1. The Morgan fingerprint density at radius 3 is 2.11 bits per heavy atom. The zero-order chi connectivity index (χ0) is 32.6. The van der Waals surface area contributed by atoms with Crippen molar-refractivity contribution in [3.05, 3.63) is 120 Å². The molecule has 10 nitrogen and oxygen atoms in total. The molecule has 0 amide bonds. The zero-order valence-corrected chi connectivity index (χ0v) is 29.5. The Hall–Kier alpha value is -3.75. The average Bonchev–Trinajstić information content (AvgIpc) is 3.59. The molecule has 6 rings (SSSR count). The van der Waals surface area contributed by atoms with Crippen molar-refractivity contribution in [2.45, 2.75) is 33.1 Å². The molecule has 4 aromatic carbocycles. The van der Waals surface area contributed by atoms with Crippen molar-refractivity contribution in [2.24, 2.45) is 0 Å². The van der Waals surface area contributed by atoms with E-state index in [-0.39, 0.29) is 70.3 Å².